The van der Waals surface area contributed by atoms with Gasteiger partial charge in [-0.15, -0.1) is 0 Å². The van der Waals surface area contributed by atoms with Crippen molar-refractivity contribution < 1.29 is 24.1 Å². The lowest BCUT2D eigenvalue weighted by Crippen LogP contribution is -2.30. The second-order valence-corrected chi connectivity index (χ2v) is 8.68. The van der Waals surface area contributed by atoms with Crippen LogP contribution < -0.4 is 5.43 Å². The molecule has 1 aliphatic carbocycles. The fourth-order valence-corrected chi connectivity index (χ4v) is 3.99. The van der Waals surface area contributed by atoms with E-state index in [1.54, 1.807) is 0 Å². The molecule has 0 spiro atoms. The normalized spacial score (nSPS) is 14.4. The van der Waals surface area contributed by atoms with Gasteiger partial charge in [-0.2, -0.15) is 5.10 Å². The third-order valence-electron chi connectivity index (χ3n) is 5.46. The Hall–Kier alpha value is -3.73. The van der Waals surface area contributed by atoms with Crippen LogP contribution in [0.25, 0.3) is 11.0 Å². The second-order valence-electron chi connectivity index (χ2n) is 7.77. The minimum absolute atomic E-state index is 0.123. The molecule has 1 aromatic heterocycles. The first-order valence-corrected chi connectivity index (χ1v) is 11.4. The molecule has 0 radical (unpaired) electrons. The number of carbonyl (C=O) groups excluding carboxylic acids is 1. The predicted octanol–water partition coefficient (Wildman–Crippen LogP) is 4.58. The summed E-state index contributed by atoms with van der Waals surface area (Å²) in [6, 6.07) is 8.57. The van der Waals surface area contributed by atoms with Gasteiger partial charge >= 0.3 is 5.69 Å². The number of oxime groups is 1. The van der Waals surface area contributed by atoms with Crippen molar-refractivity contribution >= 4 is 50.9 Å². The Balaban J connectivity index is 1.50. The van der Waals surface area contributed by atoms with Gasteiger partial charge in [0.25, 0.3) is 5.91 Å². The van der Waals surface area contributed by atoms with Gasteiger partial charge in [-0.25, -0.2) is 5.43 Å². The van der Waals surface area contributed by atoms with Crippen molar-refractivity contribution in [2.75, 3.05) is 0 Å². The number of benzene rings is 2. The number of furan rings is 1. The highest BCUT2D eigenvalue weighted by Gasteiger charge is 2.27. The fourth-order valence-electron chi connectivity index (χ4n) is 3.73. The quantitative estimate of drug-likeness (QED) is 0.261. The average Bonchev–Trinajstić information content (AvgIpc) is 3.19. The lowest BCUT2D eigenvalue weighted by molar-refractivity contribution is -0.385. The van der Waals surface area contributed by atoms with E-state index in [-0.39, 0.29) is 5.56 Å². The number of phenols is 1. The number of hydrogen-bond donors (Lipinski definition) is 2. The second kappa shape index (κ2) is 10.0. The molecule has 1 amide bonds. The summed E-state index contributed by atoms with van der Waals surface area (Å²) in [4.78, 5) is 28.2. The molecule has 34 heavy (non-hydrogen) atoms. The Morgan fingerprint density at radius 2 is 2.03 bits per heavy atom. The molecule has 0 saturated heterocycles. The summed E-state index contributed by atoms with van der Waals surface area (Å²) in [7, 11) is 0. The number of aromatic hydroxyl groups is 1. The lowest BCUT2D eigenvalue weighted by atomic mass is 9.93. The minimum Gasteiger partial charge on any atom is -0.502 e. The van der Waals surface area contributed by atoms with Crippen LogP contribution in [0.3, 0.4) is 0 Å². The molecule has 4 rings (SSSR count). The Bertz CT molecular complexity index is 1300. The molecule has 176 valence electrons. The Morgan fingerprint density at radius 3 is 2.76 bits per heavy atom. The maximum Gasteiger partial charge on any atom is 0.315 e. The maximum absolute atomic E-state index is 12.3. The maximum atomic E-state index is 12.3. The molecule has 2 N–H and O–H groups in total. The first-order valence-electron chi connectivity index (χ1n) is 10.6. The molecular formula is C23H21BrN4O6. The van der Waals surface area contributed by atoms with Gasteiger partial charge in [-0.1, -0.05) is 33.2 Å². The number of nitrogens with zero attached hydrogens (tertiary/aromatic N) is 3. The number of carbonyl (C=O) groups is 1. The fraction of sp³-hybridized carbons (Fsp3) is 0.261. The van der Waals surface area contributed by atoms with Gasteiger partial charge in [0.15, 0.2) is 0 Å². The van der Waals surface area contributed by atoms with Crippen LogP contribution >= 0.6 is 15.9 Å². The monoisotopic (exact) mass is 528 g/mol. The molecule has 0 bridgehead atoms. The van der Waals surface area contributed by atoms with Crippen molar-refractivity contribution in [3.63, 3.8) is 0 Å². The number of rotatable bonds is 7. The van der Waals surface area contributed by atoms with E-state index >= 15 is 0 Å². The van der Waals surface area contributed by atoms with Gasteiger partial charge in [0.2, 0.25) is 11.9 Å². The van der Waals surface area contributed by atoms with Crippen molar-refractivity contribution in [2.24, 2.45) is 10.3 Å². The van der Waals surface area contributed by atoms with Gasteiger partial charge < -0.3 is 14.4 Å². The number of halogens is 1. The molecule has 0 fully saturated rings. The number of amides is 1. The van der Waals surface area contributed by atoms with E-state index in [1.165, 1.54) is 25.4 Å². The third kappa shape index (κ3) is 4.93. The molecular weight excluding hydrogens is 508 g/mol. The summed E-state index contributed by atoms with van der Waals surface area (Å²) in [6.45, 7) is 1.50. The van der Waals surface area contributed by atoms with Crippen LogP contribution in [0.15, 0.2) is 49.5 Å². The Kier molecular flexibility index (Phi) is 6.92. The van der Waals surface area contributed by atoms with Crippen LogP contribution in [0.2, 0.25) is 0 Å². The number of aryl methyl sites for hydroxylation is 2. The van der Waals surface area contributed by atoms with Gasteiger partial charge in [0, 0.05) is 21.8 Å². The molecule has 0 saturated carbocycles. The van der Waals surface area contributed by atoms with Crippen molar-refractivity contribution in [3.8, 4) is 5.75 Å². The van der Waals surface area contributed by atoms with Gasteiger partial charge in [0.05, 0.1) is 29.0 Å². The molecule has 11 heteroatoms. The van der Waals surface area contributed by atoms with Crippen LogP contribution in [0.5, 0.6) is 5.75 Å². The summed E-state index contributed by atoms with van der Waals surface area (Å²) in [5.41, 5.74) is 3.95. The molecule has 1 heterocycles. The van der Waals surface area contributed by atoms with Crippen LogP contribution in [-0.2, 0) is 22.5 Å². The van der Waals surface area contributed by atoms with Gasteiger partial charge in [-0.3, -0.25) is 14.9 Å². The zero-order chi connectivity index (χ0) is 24.2. The molecule has 1 atom stereocenters. The zero-order valence-electron chi connectivity index (χ0n) is 18.2. The summed E-state index contributed by atoms with van der Waals surface area (Å²) in [5.74, 6) is -0.363. The first kappa shape index (κ1) is 23.4. The van der Waals surface area contributed by atoms with Crippen LogP contribution in [0, 0.1) is 10.1 Å². The highest BCUT2D eigenvalue weighted by molar-refractivity contribution is 9.10. The van der Waals surface area contributed by atoms with Crippen LogP contribution in [0.4, 0.5) is 5.69 Å². The lowest BCUT2D eigenvalue weighted by Gasteiger charge is -2.10. The Labute approximate surface area is 202 Å². The number of fused-ring (bicyclic) bond motifs is 3. The van der Waals surface area contributed by atoms with E-state index in [0.29, 0.717) is 11.0 Å². The summed E-state index contributed by atoms with van der Waals surface area (Å²) >= 11 is 3.34. The highest BCUT2D eigenvalue weighted by atomic mass is 79.9. The SMILES string of the molecule is CC(O/N=C\c1ccc(Br)cc1)C(=O)N/N=C/c1c(O)c([N+](=O)[O-])cc2oc3c(c12)CCCC3. The number of nitro benzene ring substituents is 1. The number of phenolic OH excluding ortho intramolecular Hbond substituents is 1. The molecule has 1 aliphatic rings. The third-order valence-corrected chi connectivity index (χ3v) is 5.99. The number of hydrazone groups is 1. The predicted molar refractivity (Wildman–Crippen MR) is 129 cm³/mol. The van der Waals surface area contributed by atoms with E-state index < -0.39 is 28.4 Å². The first-order chi connectivity index (χ1) is 16.3. The van der Waals surface area contributed by atoms with E-state index in [2.05, 4.69) is 31.6 Å². The topological polar surface area (TPSA) is 140 Å². The molecule has 10 nitrogen and oxygen atoms in total. The van der Waals surface area contributed by atoms with Crippen LogP contribution in [-0.4, -0.2) is 34.5 Å². The molecule has 2 aromatic carbocycles. The van der Waals surface area contributed by atoms with Crippen molar-refractivity contribution in [3.05, 3.63) is 67.4 Å². The van der Waals surface area contributed by atoms with E-state index in [1.807, 2.05) is 24.3 Å². The summed E-state index contributed by atoms with van der Waals surface area (Å²) < 4.78 is 6.76. The number of nitro groups is 1. The summed E-state index contributed by atoms with van der Waals surface area (Å²) in [6.07, 6.45) is 5.06. The molecule has 3 aromatic rings. The average molecular weight is 529 g/mol. The van der Waals surface area contributed by atoms with Crippen molar-refractivity contribution in [1.29, 1.82) is 0 Å². The van der Waals surface area contributed by atoms with Crippen molar-refractivity contribution in [1.82, 2.24) is 5.43 Å². The number of hydrogen-bond acceptors (Lipinski definition) is 8. The smallest absolute Gasteiger partial charge is 0.315 e. The number of nitrogens with one attached hydrogen (secondary N) is 1. The van der Waals surface area contributed by atoms with E-state index in [0.717, 1.165) is 47.0 Å². The largest absolute Gasteiger partial charge is 0.502 e. The van der Waals surface area contributed by atoms with E-state index in [4.69, 9.17) is 9.25 Å². The molecule has 0 aliphatic heterocycles. The molecule has 1 unspecified atom stereocenters. The van der Waals surface area contributed by atoms with Gasteiger partial charge in [0.1, 0.15) is 11.3 Å². The standard InChI is InChI=1S/C23H21BrN4O6/c1-13(34-26-11-14-6-8-15(24)9-7-14)23(30)27-25-12-17-21-16-4-2-3-5-19(16)33-20(21)10-18(22(17)29)28(31)32/h6-13,29H,2-5H2,1H3,(H,27,30)/b25-12+,26-11-. The van der Waals surface area contributed by atoms with Crippen molar-refractivity contribution in [2.45, 2.75) is 38.7 Å². The zero-order valence-corrected chi connectivity index (χ0v) is 19.7. The Morgan fingerprint density at radius 1 is 1.29 bits per heavy atom. The minimum atomic E-state index is -0.954. The van der Waals surface area contributed by atoms with Crippen LogP contribution in [0.1, 0.15) is 42.2 Å². The van der Waals surface area contributed by atoms with E-state index in [9.17, 15) is 20.0 Å². The van der Waals surface area contributed by atoms with Gasteiger partial charge in [-0.05, 0) is 43.9 Å². The summed E-state index contributed by atoms with van der Waals surface area (Å²) in [5, 5.41) is 30.2. The highest BCUT2D eigenvalue weighted by Crippen LogP contribution is 2.41.